The molecule has 1 amide bonds. The average Bonchev–Trinajstić information content (AvgIpc) is 3.67. The highest BCUT2D eigenvalue weighted by molar-refractivity contribution is 5.80. The molecule has 11 heteroatoms. The average molecular weight is 1180 g/mol. The molecule has 482 valence electrons. The number of aliphatic hydroxyl groups excluding tert-OH is 5. The molecule has 1 heterocycles. The van der Waals surface area contributed by atoms with Gasteiger partial charge in [-0.25, -0.2) is 0 Å². The van der Waals surface area contributed by atoms with Gasteiger partial charge >= 0.3 is 5.97 Å². The summed E-state index contributed by atoms with van der Waals surface area (Å²) in [7, 11) is 0. The summed E-state index contributed by atoms with van der Waals surface area (Å²) in [5.41, 5.74) is 0. The van der Waals surface area contributed by atoms with E-state index in [1.165, 1.54) is 128 Å². The molecule has 1 rings (SSSR count). The number of carbonyl (C=O) groups excluding carboxylic acids is 2. The molecule has 1 aliphatic rings. The normalized spacial score (nSPS) is 19.2. The number of hydrogen-bond acceptors (Lipinski definition) is 10. The number of rotatable bonds is 57. The van der Waals surface area contributed by atoms with Gasteiger partial charge in [-0.2, -0.15) is 0 Å². The van der Waals surface area contributed by atoms with Crippen LogP contribution in [-0.2, 0) is 23.8 Å². The molecule has 1 fully saturated rings. The molecule has 0 spiro atoms. The second-order valence-corrected chi connectivity index (χ2v) is 23.2. The van der Waals surface area contributed by atoms with E-state index < -0.39 is 67.4 Å². The zero-order chi connectivity index (χ0) is 61.0. The highest BCUT2D eigenvalue weighted by Gasteiger charge is 2.47. The second-order valence-electron chi connectivity index (χ2n) is 23.2. The number of hydrogen-bond donors (Lipinski definition) is 6. The molecule has 0 aromatic rings. The summed E-state index contributed by atoms with van der Waals surface area (Å²) in [5.74, 6) is -1.26. The fourth-order valence-corrected chi connectivity index (χ4v) is 9.98. The van der Waals surface area contributed by atoms with Crippen molar-refractivity contribution in [2.24, 2.45) is 0 Å². The van der Waals surface area contributed by atoms with Gasteiger partial charge in [0, 0.05) is 6.42 Å². The minimum atomic E-state index is -1.64. The Labute approximate surface area is 513 Å². The molecule has 0 bridgehead atoms. The van der Waals surface area contributed by atoms with Crippen LogP contribution in [0, 0.1) is 0 Å². The Hall–Kier alpha value is -3.68. The Balaban J connectivity index is 2.63. The minimum Gasteiger partial charge on any atom is -0.454 e. The highest BCUT2D eigenvalue weighted by atomic mass is 16.7. The zero-order valence-electron chi connectivity index (χ0n) is 53.5. The molecule has 8 unspecified atom stereocenters. The SMILES string of the molecule is CCCCC/C=C\C/C=C\C/C=C\C/C=C\CCCCCCCCCCCCC(O)C(=O)NC(COC1OC(CO)C(O)C(O)C1OC(=O)CCC/C=C\C/C=C\C/C=C\C/C=C\CCCCC)C(O)/C=C/CCCCCCCCCCCC. The first-order valence-corrected chi connectivity index (χ1v) is 34.2. The molecule has 0 radical (unpaired) electrons. The lowest BCUT2D eigenvalue weighted by Crippen LogP contribution is -2.61. The van der Waals surface area contributed by atoms with Crippen molar-refractivity contribution < 1.29 is 49.3 Å². The number of ether oxygens (including phenoxy) is 3. The lowest BCUT2D eigenvalue weighted by Gasteiger charge is -2.41. The number of unbranched alkanes of at least 4 members (excludes halogenated alkanes) is 27. The van der Waals surface area contributed by atoms with Crippen LogP contribution in [0.3, 0.4) is 0 Å². The Morgan fingerprint density at radius 3 is 1.25 bits per heavy atom. The van der Waals surface area contributed by atoms with E-state index in [1.54, 1.807) is 6.08 Å². The van der Waals surface area contributed by atoms with Gasteiger partial charge in [0.1, 0.15) is 24.4 Å². The largest absolute Gasteiger partial charge is 0.454 e. The molecule has 1 aliphatic heterocycles. The van der Waals surface area contributed by atoms with Crippen molar-refractivity contribution in [3.05, 3.63) is 109 Å². The summed E-state index contributed by atoms with van der Waals surface area (Å²) in [5, 5.41) is 57.1. The van der Waals surface area contributed by atoms with E-state index in [-0.39, 0.29) is 19.4 Å². The predicted octanol–water partition coefficient (Wildman–Crippen LogP) is 17.2. The summed E-state index contributed by atoms with van der Waals surface area (Å²) in [4.78, 5) is 26.6. The van der Waals surface area contributed by atoms with E-state index in [0.717, 1.165) is 96.3 Å². The van der Waals surface area contributed by atoms with Crippen LogP contribution in [0.15, 0.2) is 109 Å². The van der Waals surface area contributed by atoms with Crippen molar-refractivity contribution in [3.63, 3.8) is 0 Å². The number of aliphatic hydroxyl groups is 5. The summed E-state index contributed by atoms with van der Waals surface area (Å²) in [6.07, 6.45) is 71.3. The Morgan fingerprint density at radius 1 is 0.464 bits per heavy atom. The summed E-state index contributed by atoms with van der Waals surface area (Å²) >= 11 is 0. The molecule has 8 atom stereocenters. The van der Waals surface area contributed by atoms with Crippen molar-refractivity contribution >= 4 is 11.9 Å². The second kappa shape index (κ2) is 59.6. The van der Waals surface area contributed by atoms with Gasteiger partial charge in [-0.1, -0.05) is 271 Å². The first kappa shape index (κ1) is 78.3. The van der Waals surface area contributed by atoms with Crippen molar-refractivity contribution in [2.45, 2.75) is 327 Å². The number of nitrogens with one attached hydrogen (secondary N) is 1. The molecule has 0 aromatic heterocycles. The highest BCUT2D eigenvalue weighted by Crippen LogP contribution is 2.26. The standard InChI is InChI=1S/C73H125NO10/c1-4-7-10-13-16-19-22-25-27-29-30-31-32-33-34-35-36-37-39-40-42-45-48-51-54-57-60-66(77)72(81)74-64(65(76)59-56-53-50-47-44-24-21-18-15-12-9-6-3)63-82-73-71(70(80)69(79)67(62-75)83-73)84-68(78)61-58-55-52-49-46-43-41-38-28-26-23-20-17-14-11-8-5-2/h16-17,19-20,25-28,30-31,33-34,41,43,49,52,56,59,64-67,69-71,73,75-77,79-80H,4-15,18,21-24,29,32,35-40,42,44-48,50-51,53-55,57-58,60-63H2,1-3H3,(H,74,81)/b19-16-,20-17-,27-25-,28-26-,31-30-,34-33-,43-41-,52-49-,59-56+. The maximum atomic E-state index is 13.5. The van der Waals surface area contributed by atoms with E-state index in [1.807, 2.05) is 12.2 Å². The van der Waals surface area contributed by atoms with Gasteiger partial charge in [-0.3, -0.25) is 9.59 Å². The van der Waals surface area contributed by atoms with Crippen LogP contribution in [-0.4, -0.2) is 99.6 Å². The molecule has 84 heavy (non-hydrogen) atoms. The Bertz CT molecular complexity index is 1780. The first-order chi connectivity index (χ1) is 41.2. The predicted molar refractivity (Wildman–Crippen MR) is 351 cm³/mol. The van der Waals surface area contributed by atoms with E-state index >= 15 is 0 Å². The third kappa shape index (κ3) is 46.5. The number of allylic oxidation sites excluding steroid dienone is 17. The van der Waals surface area contributed by atoms with Crippen molar-refractivity contribution in [1.82, 2.24) is 5.32 Å². The summed E-state index contributed by atoms with van der Waals surface area (Å²) in [6.45, 7) is 5.71. The van der Waals surface area contributed by atoms with E-state index in [9.17, 15) is 35.1 Å². The summed E-state index contributed by atoms with van der Waals surface area (Å²) in [6, 6.07) is -1.04. The number of carbonyl (C=O) groups is 2. The van der Waals surface area contributed by atoms with E-state index in [2.05, 4.69) is 117 Å². The maximum absolute atomic E-state index is 13.5. The molecule has 0 aliphatic carbocycles. The lowest BCUT2D eigenvalue weighted by atomic mass is 9.99. The van der Waals surface area contributed by atoms with Crippen molar-refractivity contribution in [2.75, 3.05) is 13.2 Å². The van der Waals surface area contributed by atoms with Gasteiger partial charge < -0.3 is 45.1 Å². The van der Waals surface area contributed by atoms with Crippen LogP contribution >= 0.6 is 0 Å². The number of amides is 1. The van der Waals surface area contributed by atoms with Gasteiger partial charge in [-0.05, 0) is 109 Å². The molecule has 6 N–H and O–H groups in total. The van der Waals surface area contributed by atoms with Crippen LogP contribution in [0.2, 0.25) is 0 Å². The van der Waals surface area contributed by atoms with Crippen molar-refractivity contribution in [1.29, 1.82) is 0 Å². The topological polar surface area (TPSA) is 175 Å². The molecule has 0 aromatic carbocycles. The van der Waals surface area contributed by atoms with Gasteiger partial charge in [0.05, 0.1) is 25.4 Å². The quantitative estimate of drug-likeness (QED) is 0.0195. The molecular weight excluding hydrogens is 1050 g/mol. The minimum absolute atomic E-state index is 0.0429. The summed E-state index contributed by atoms with van der Waals surface area (Å²) < 4.78 is 17.6. The van der Waals surface area contributed by atoms with Gasteiger partial charge in [-0.15, -0.1) is 0 Å². The van der Waals surface area contributed by atoms with Crippen LogP contribution in [0.1, 0.15) is 278 Å². The van der Waals surface area contributed by atoms with Crippen LogP contribution < -0.4 is 5.32 Å². The number of esters is 1. The third-order valence-electron chi connectivity index (χ3n) is 15.4. The zero-order valence-corrected chi connectivity index (χ0v) is 53.5. The molecule has 11 nitrogen and oxygen atoms in total. The monoisotopic (exact) mass is 1180 g/mol. The van der Waals surface area contributed by atoms with E-state index in [4.69, 9.17) is 14.2 Å². The van der Waals surface area contributed by atoms with Crippen molar-refractivity contribution in [3.8, 4) is 0 Å². The van der Waals surface area contributed by atoms with Gasteiger partial charge in [0.25, 0.3) is 0 Å². The fourth-order valence-electron chi connectivity index (χ4n) is 9.98. The molecule has 0 saturated carbocycles. The fraction of sp³-hybridized carbons (Fsp3) is 0.726. The van der Waals surface area contributed by atoms with Gasteiger partial charge in [0.2, 0.25) is 5.91 Å². The van der Waals surface area contributed by atoms with Crippen LogP contribution in [0.4, 0.5) is 0 Å². The third-order valence-corrected chi connectivity index (χ3v) is 15.4. The van der Waals surface area contributed by atoms with E-state index in [0.29, 0.717) is 19.3 Å². The molecule has 1 saturated heterocycles. The smallest absolute Gasteiger partial charge is 0.306 e. The van der Waals surface area contributed by atoms with Crippen LogP contribution in [0.5, 0.6) is 0 Å². The Kier molecular flexibility index (Phi) is 55.6. The lowest BCUT2D eigenvalue weighted by molar-refractivity contribution is -0.305. The molecular formula is C73H125NO10. The first-order valence-electron chi connectivity index (χ1n) is 34.2. The van der Waals surface area contributed by atoms with Gasteiger partial charge in [0.15, 0.2) is 12.4 Å². The Morgan fingerprint density at radius 2 is 0.821 bits per heavy atom. The maximum Gasteiger partial charge on any atom is 0.306 e. The van der Waals surface area contributed by atoms with Crippen LogP contribution in [0.25, 0.3) is 0 Å².